The van der Waals surface area contributed by atoms with Gasteiger partial charge in [0.2, 0.25) is 0 Å². The van der Waals surface area contributed by atoms with Crippen LogP contribution in [0.2, 0.25) is 0 Å². The van der Waals surface area contributed by atoms with E-state index >= 15 is 0 Å². The molecule has 2 aromatic carbocycles. The molecule has 180 valence electrons. The third-order valence-corrected chi connectivity index (χ3v) is 6.44. The molecule has 0 radical (unpaired) electrons. The Hall–Kier alpha value is -3.39. The first kappa shape index (κ1) is 23.8. The number of aromatic nitrogens is 2. The molecule has 4 rings (SSSR count). The highest BCUT2D eigenvalue weighted by molar-refractivity contribution is 5.97. The summed E-state index contributed by atoms with van der Waals surface area (Å²) in [6, 6.07) is 15.3. The number of piperazine rings is 1. The molecule has 1 aliphatic rings. The lowest BCUT2D eigenvalue weighted by molar-refractivity contribution is 0.0948. The molecule has 1 aromatic heterocycles. The molecule has 1 saturated heterocycles. The van der Waals surface area contributed by atoms with E-state index in [1.54, 1.807) is 18.2 Å². The lowest BCUT2D eigenvalue weighted by Crippen LogP contribution is -2.48. The predicted octanol–water partition coefficient (Wildman–Crippen LogP) is 2.43. The molecule has 0 spiro atoms. The number of carbonyl (C=O) groups is 1. The number of amides is 1. The molecule has 1 aliphatic heterocycles. The van der Waals surface area contributed by atoms with Crippen LogP contribution < -0.4 is 21.5 Å². The van der Waals surface area contributed by atoms with Crippen molar-refractivity contribution in [1.82, 2.24) is 19.8 Å². The van der Waals surface area contributed by atoms with E-state index in [0.29, 0.717) is 29.6 Å². The number of unbranched alkanes of at least 4 members (excludes halogenated alkanes) is 2. The summed E-state index contributed by atoms with van der Waals surface area (Å²) in [7, 11) is 0. The molecule has 0 unspecified atom stereocenters. The highest BCUT2D eigenvalue weighted by Gasteiger charge is 2.17. The molecule has 3 aromatic rings. The molecular formula is C26H33N5O3. The maximum absolute atomic E-state index is 12.7. The monoisotopic (exact) mass is 463 g/mol. The van der Waals surface area contributed by atoms with Crippen molar-refractivity contribution in [1.29, 1.82) is 0 Å². The van der Waals surface area contributed by atoms with Crippen LogP contribution in [-0.2, 0) is 6.54 Å². The van der Waals surface area contributed by atoms with Crippen molar-refractivity contribution >= 4 is 22.5 Å². The van der Waals surface area contributed by atoms with Crippen LogP contribution in [0.1, 0.15) is 36.5 Å². The zero-order chi connectivity index (χ0) is 23.9. The standard InChI is InChI=1S/C26H33N5O3/c1-2-3-7-13-31-25(33)22-11-10-20(19-23(22)28-26(31)34)24(32)27-12-14-29-15-17-30(18-16-29)21-8-5-4-6-9-21/h4-6,8-11,19H,2-3,7,12-18H2,1H3,(H,27,32)(H,28,34). The first-order chi connectivity index (χ1) is 16.6. The molecule has 34 heavy (non-hydrogen) atoms. The zero-order valence-corrected chi connectivity index (χ0v) is 19.8. The van der Waals surface area contributed by atoms with Crippen LogP contribution in [0.4, 0.5) is 5.69 Å². The second kappa shape index (κ2) is 11.2. The second-order valence-corrected chi connectivity index (χ2v) is 8.77. The fourth-order valence-electron chi connectivity index (χ4n) is 4.42. The van der Waals surface area contributed by atoms with E-state index in [1.165, 1.54) is 10.3 Å². The minimum absolute atomic E-state index is 0.210. The number of benzene rings is 2. The van der Waals surface area contributed by atoms with Gasteiger partial charge in [0, 0.05) is 57.1 Å². The molecule has 0 atom stereocenters. The summed E-state index contributed by atoms with van der Waals surface area (Å²) in [5, 5.41) is 3.38. The molecular weight excluding hydrogens is 430 g/mol. The third kappa shape index (κ3) is 5.56. The van der Waals surface area contributed by atoms with Crippen LogP contribution in [0.3, 0.4) is 0 Å². The molecule has 0 bridgehead atoms. The lowest BCUT2D eigenvalue weighted by Gasteiger charge is -2.36. The van der Waals surface area contributed by atoms with Crippen LogP contribution in [0.5, 0.6) is 0 Å². The average molecular weight is 464 g/mol. The van der Waals surface area contributed by atoms with Gasteiger partial charge in [-0.3, -0.25) is 19.1 Å². The Morgan fingerprint density at radius 3 is 2.47 bits per heavy atom. The summed E-state index contributed by atoms with van der Waals surface area (Å²) < 4.78 is 1.25. The number of nitrogens with one attached hydrogen (secondary N) is 2. The lowest BCUT2D eigenvalue weighted by atomic mass is 10.1. The van der Waals surface area contributed by atoms with E-state index in [-0.39, 0.29) is 11.5 Å². The van der Waals surface area contributed by atoms with Gasteiger partial charge < -0.3 is 15.2 Å². The van der Waals surface area contributed by atoms with E-state index in [1.807, 2.05) is 6.07 Å². The Morgan fingerprint density at radius 1 is 0.971 bits per heavy atom. The van der Waals surface area contributed by atoms with Crippen molar-refractivity contribution in [3.05, 3.63) is 74.9 Å². The van der Waals surface area contributed by atoms with E-state index in [9.17, 15) is 14.4 Å². The Balaban J connectivity index is 1.31. The predicted molar refractivity (Wildman–Crippen MR) is 136 cm³/mol. The first-order valence-electron chi connectivity index (χ1n) is 12.1. The number of H-pyrrole nitrogens is 1. The van der Waals surface area contributed by atoms with Crippen LogP contribution in [-0.4, -0.2) is 59.6 Å². The minimum atomic E-state index is -0.430. The van der Waals surface area contributed by atoms with Gasteiger partial charge in [-0.1, -0.05) is 38.0 Å². The Bertz CT molecular complexity index is 1230. The highest BCUT2D eigenvalue weighted by atomic mass is 16.2. The fourth-order valence-corrected chi connectivity index (χ4v) is 4.42. The number of anilines is 1. The van der Waals surface area contributed by atoms with Gasteiger partial charge in [0.1, 0.15) is 0 Å². The minimum Gasteiger partial charge on any atom is -0.369 e. The van der Waals surface area contributed by atoms with Gasteiger partial charge in [-0.2, -0.15) is 0 Å². The van der Waals surface area contributed by atoms with Crippen molar-refractivity contribution in [3.63, 3.8) is 0 Å². The van der Waals surface area contributed by atoms with Crippen molar-refractivity contribution in [2.24, 2.45) is 0 Å². The number of aromatic amines is 1. The quantitative estimate of drug-likeness (QED) is 0.476. The molecule has 1 amide bonds. The van der Waals surface area contributed by atoms with E-state index in [4.69, 9.17) is 0 Å². The van der Waals surface area contributed by atoms with Crippen LogP contribution in [0.25, 0.3) is 10.9 Å². The number of nitrogens with zero attached hydrogens (tertiary/aromatic N) is 3. The summed E-state index contributed by atoms with van der Waals surface area (Å²) in [6.45, 7) is 7.63. The highest BCUT2D eigenvalue weighted by Crippen LogP contribution is 2.15. The van der Waals surface area contributed by atoms with Crippen molar-refractivity contribution in [2.45, 2.75) is 32.7 Å². The molecule has 1 fully saturated rings. The van der Waals surface area contributed by atoms with Gasteiger partial charge in [-0.15, -0.1) is 0 Å². The van der Waals surface area contributed by atoms with Crippen molar-refractivity contribution < 1.29 is 4.79 Å². The number of hydrogen-bond acceptors (Lipinski definition) is 5. The largest absolute Gasteiger partial charge is 0.369 e. The van der Waals surface area contributed by atoms with Gasteiger partial charge in [-0.05, 0) is 36.8 Å². The van der Waals surface area contributed by atoms with Gasteiger partial charge in [0.05, 0.1) is 10.9 Å². The normalized spacial score (nSPS) is 14.4. The molecule has 0 aliphatic carbocycles. The number of rotatable bonds is 9. The SMILES string of the molecule is CCCCCn1c(=O)[nH]c2cc(C(=O)NCCN3CCN(c4ccccc4)CC3)ccc2c1=O. The number of fused-ring (bicyclic) bond motifs is 1. The van der Waals surface area contributed by atoms with E-state index in [2.05, 4.69) is 51.3 Å². The first-order valence-corrected chi connectivity index (χ1v) is 12.1. The summed E-state index contributed by atoms with van der Waals surface area (Å²) >= 11 is 0. The maximum Gasteiger partial charge on any atom is 0.328 e. The van der Waals surface area contributed by atoms with E-state index < -0.39 is 5.69 Å². The Kier molecular flexibility index (Phi) is 7.80. The molecule has 2 N–H and O–H groups in total. The van der Waals surface area contributed by atoms with Gasteiger partial charge >= 0.3 is 5.69 Å². The zero-order valence-electron chi connectivity index (χ0n) is 19.8. The molecule has 0 saturated carbocycles. The molecule has 2 heterocycles. The number of para-hydroxylation sites is 1. The fraction of sp³-hybridized carbons (Fsp3) is 0.423. The average Bonchev–Trinajstić information content (AvgIpc) is 2.86. The Morgan fingerprint density at radius 2 is 1.74 bits per heavy atom. The molecule has 8 nitrogen and oxygen atoms in total. The van der Waals surface area contributed by atoms with Gasteiger partial charge in [-0.25, -0.2) is 4.79 Å². The summed E-state index contributed by atoms with van der Waals surface area (Å²) in [5.74, 6) is -0.210. The number of carbonyl (C=O) groups excluding carboxylic acids is 1. The van der Waals surface area contributed by atoms with E-state index in [0.717, 1.165) is 52.0 Å². The molecule has 8 heteroatoms. The van der Waals surface area contributed by atoms with Crippen LogP contribution >= 0.6 is 0 Å². The summed E-state index contributed by atoms with van der Waals surface area (Å²) in [4.78, 5) is 45.3. The topological polar surface area (TPSA) is 90.4 Å². The van der Waals surface area contributed by atoms with Crippen LogP contribution in [0.15, 0.2) is 58.1 Å². The van der Waals surface area contributed by atoms with Gasteiger partial charge in [0.15, 0.2) is 0 Å². The van der Waals surface area contributed by atoms with Gasteiger partial charge in [0.25, 0.3) is 11.5 Å². The summed E-state index contributed by atoms with van der Waals surface area (Å²) in [6.07, 6.45) is 2.77. The maximum atomic E-state index is 12.7. The third-order valence-electron chi connectivity index (χ3n) is 6.44. The van der Waals surface area contributed by atoms with Crippen molar-refractivity contribution in [3.8, 4) is 0 Å². The summed E-state index contributed by atoms with van der Waals surface area (Å²) in [5.41, 5.74) is 1.33. The smallest absolute Gasteiger partial charge is 0.328 e. The Labute approximate surface area is 199 Å². The van der Waals surface area contributed by atoms with Crippen molar-refractivity contribution in [2.75, 3.05) is 44.2 Å². The number of hydrogen-bond donors (Lipinski definition) is 2. The van der Waals surface area contributed by atoms with Crippen LogP contribution in [0, 0.1) is 0 Å². The second-order valence-electron chi connectivity index (χ2n) is 8.77.